The second-order valence-electron chi connectivity index (χ2n) is 4.65. The predicted octanol–water partition coefficient (Wildman–Crippen LogP) is 1.94. The van der Waals surface area contributed by atoms with Crippen molar-refractivity contribution in [2.75, 3.05) is 0 Å². The van der Waals surface area contributed by atoms with Crippen molar-refractivity contribution in [1.29, 1.82) is 5.26 Å². The van der Waals surface area contributed by atoms with Gasteiger partial charge in [0.2, 0.25) is 0 Å². The van der Waals surface area contributed by atoms with Gasteiger partial charge in [-0.15, -0.1) is 0 Å². The third-order valence-electron chi connectivity index (χ3n) is 2.51. The van der Waals surface area contributed by atoms with Gasteiger partial charge in [-0.2, -0.15) is 5.26 Å². The second-order valence-corrected chi connectivity index (χ2v) is 4.65. The zero-order chi connectivity index (χ0) is 12.0. The van der Waals surface area contributed by atoms with Crippen LogP contribution in [0.15, 0.2) is 18.7 Å². The number of hydrogen-bond acceptors (Lipinski definition) is 3. The number of aryl methyl sites for hydroxylation is 1. The summed E-state index contributed by atoms with van der Waals surface area (Å²) in [5.41, 5.74) is -0.422. The summed E-state index contributed by atoms with van der Waals surface area (Å²) in [5.74, 6) is 0. The first-order valence-electron chi connectivity index (χ1n) is 5.70. The first-order chi connectivity index (χ1) is 7.56. The van der Waals surface area contributed by atoms with E-state index in [0.29, 0.717) is 6.04 Å². The number of nitrogens with one attached hydrogen (secondary N) is 1. The fourth-order valence-electron chi connectivity index (χ4n) is 1.83. The Labute approximate surface area is 97.3 Å². The van der Waals surface area contributed by atoms with E-state index in [9.17, 15) is 0 Å². The van der Waals surface area contributed by atoms with Crippen LogP contribution in [-0.4, -0.2) is 21.1 Å². The minimum Gasteiger partial charge on any atom is -0.337 e. The topological polar surface area (TPSA) is 53.6 Å². The summed E-state index contributed by atoms with van der Waals surface area (Å²) in [6.07, 6.45) is 7.34. The highest BCUT2D eigenvalue weighted by atomic mass is 15.0. The normalized spacial score (nSPS) is 14.7. The molecule has 0 aliphatic heterocycles. The lowest BCUT2D eigenvalue weighted by molar-refractivity contribution is 0.364. The Bertz CT molecular complexity index is 336. The van der Waals surface area contributed by atoms with E-state index in [-0.39, 0.29) is 0 Å². The Morgan fingerprint density at radius 2 is 2.31 bits per heavy atom. The fourth-order valence-corrected chi connectivity index (χ4v) is 1.83. The van der Waals surface area contributed by atoms with Crippen LogP contribution in [0.1, 0.15) is 33.6 Å². The molecule has 0 aromatic carbocycles. The maximum absolute atomic E-state index is 9.16. The van der Waals surface area contributed by atoms with Crippen molar-refractivity contribution in [3.63, 3.8) is 0 Å². The molecular formula is C12H20N4. The SMILES string of the molecule is CC(C)NC(C)(C#N)CCCn1ccnc1. The molecule has 1 heterocycles. The Balaban J connectivity index is 2.37. The Kier molecular flexibility index (Phi) is 4.51. The van der Waals surface area contributed by atoms with Gasteiger partial charge in [-0.3, -0.25) is 5.32 Å². The van der Waals surface area contributed by atoms with Crippen LogP contribution in [0.5, 0.6) is 0 Å². The molecule has 1 N–H and O–H groups in total. The second kappa shape index (κ2) is 5.66. The first-order valence-corrected chi connectivity index (χ1v) is 5.70. The summed E-state index contributed by atoms with van der Waals surface area (Å²) in [6.45, 7) is 6.99. The monoisotopic (exact) mass is 220 g/mol. The highest BCUT2D eigenvalue weighted by molar-refractivity contribution is 5.04. The smallest absolute Gasteiger partial charge is 0.104 e. The molecule has 1 unspecified atom stereocenters. The minimum absolute atomic E-state index is 0.331. The molecule has 0 aliphatic rings. The predicted molar refractivity (Wildman–Crippen MR) is 63.8 cm³/mol. The van der Waals surface area contributed by atoms with E-state index >= 15 is 0 Å². The number of imidazole rings is 1. The van der Waals surface area contributed by atoms with Gasteiger partial charge in [-0.05, 0) is 33.6 Å². The van der Waals surface area contributed by atoms with E-state index in [2.05, 4.69) is 30.2 Å². The summed E-state index contributed by atoms with van der Waals surface area (Å²) >= 11 is 0. The average Bonchev–Trinajstić information content (AvgIpc) is 2.69. The molecule has 0 saturated carbocycles. The number of aromatic nitrogens is 2. The maximum Gasteiger partial charge on any atom is 0.104 e. The van der Waals surface area contributed by atoms with Gasteiger partial charge >= 0.3 is 0 Å². The summed E-state index contributed by atoms with van der Waals surface area (Å²) in [4.78, 5) is 3.99. The highest BCUT2D eigenvalue weighted by Gasteiger charge is 2.23. The standard InChI is InChI=1S/C12H20N4/c1-11(2)15-12(3,9-13)5-4-7-16-8-6-14-10-16/h6,8,10-11,15H,4-5,7H2,1-3H3. The van der Waals surface area contributed by atoms with Crippen molar-refractivity contribution in [2.24, 2.45) is 0 Å². The summed E-state index contributed by atoms with van der Waals surface area (Å²) < 4.78 is 2.03. The summed E-state index contributed by atoms with van der Waals surface area (Å²) in [6, 6.07) is 2.69. The number of hydrogen-bond donors (Lipinski definition) is 1. The van der Waals surface area contributed by atoms with Gasteiger partial charge in [0, 0.05) is 25.0 Å². The molecule has 88 valence electrons. The zero-order valence-corrected chi connectivity index (χ0v) is 10.3. The van der Waals surface area contributed by atoms with Crippen molar-refractivity contribution < 1.29 is 0 Å². The van der Waals surface area contributed by atoms with Gasteiger partial charge in [-0.25, -0.2) is 4.98 Å². The van der Waals surface area contributed by atoms with Gasteiger partial charge in [0.15, 0.2) is 0 Å². The van der Waals surface area contributed by atoms with Gasteiger partial charge in [0.25, 0.3) is 0 Å². The van der Waals surface area contributed by atoms with Gasteiger partial charge in [0.1, 0.15) is 5.54 Å². The van der Waals surface area contributed by atoms with Crippen LogP contribution in [0.2, 0.25) is 0 Å². The number of nitriles is 1. The molecule has 1 rings (SSSR count). The van der Waals surface area contributed by atoms with E-state index in [1.807, 2.05) is 17.7 Å². The molecule has 1 atom stereocenters. The molecular weight excluding hydrogens is 200 g/mol. The van der Waals surface area contributed by atoms with E-state index in [0.717, 1.165) is 19.4 Å². The quantitative estimate of drug-likeness (QED) is 0.797. The first kappa shape index (κ1) is 12.7. The Morgan fingerprint density at radius 3 is 2.81 bits per heavy atom. The van der Waals surface area contributed by atoms with Crippen LogP contribution in [0, 0.1) is 11.3 Å². The number of rotatable bonds is 6. The fraction of sp³-hybridized carbons (Fsp3) is 0.667. The Morgan fingerprint density at radius 1 is 1.56 bits per heavy atom. The molecule has 0 radical (unpaired) electrons. The van der Waals surface area contributed by atoms with Crippen molar-refractivity contribution >= 4 is 0 Å². The van der Waals surface area contributed by atoms with Crippen molar-refractivity contribution in [1.82, 2.24) is 14.9 Å². The van der Waals surface area contributed by atoms with E-state index in [1.165, 1.54) is 0 Å². The molecule has 0 spiro atoms. The molecule has 0 amide bonds. The third kappa shape index (κ3) is 4.03. The lowest BCUT2D eigenvalue weighted by Gasteiger charge is -2.25. The molecule has 0 bridgehead atoms. The molecule has 0 fully saturated rings. The van der Waals surface area contributed by atoms with Crippen molar-refractivity contribution in [2.45, 2.75) is 51.7 Å². The van der Waals surface area contributed by atoms with Crippen LogP contribution in [-0.2, 0) is 6.54 Å². The van der Waals surface area contributed by atoms with Crippen molar-refractivity contribution in [3.05, 3.63) is 18.7 Å². The van der Waals surface area contributed by atoms with Gasteiger partial charge < -0.3 is 4.57 Å². The largest absolute Gasteiger partial charge is 0.337 e. The Hall–Kier alpha value is -1.34. The van der Waals surface area contributed by atoms with Gasteiger partial charge in [0.05, 0.1) is 12.4 Å². The van der Waals surface area contributed by atoms with E-state index < -0.39 is 5.54 Å². The summed E-state index contributed by atoms with van der Waals surface area (Å²) in [7, 11) is 0. The van der Waals surface area contributed by atoms with Crippen molar-refractivity contribution in [3.8, 4) is 6.07 Å². The lowest BCUT2D eigenvalue weighted by atomic mass is 9.96. The van der Waals surface area contributed by atoms with Crippen LogP contribution < -0.4 is 5.32 Å². The molecule has 4 heteroatoms. The molecule has 1 aromatic heterocycles. The van der Waals surface area contributed by atoms with Crippen LogP contribution in [0.25, 0.3) is 0 Å². The zero-order valence-electron chi connectivity index (χ0n) is 10.3. The van der Waals surface area contributed by atoms with Gasteiger partial charge in [-0.1, -0.05) is 0 Å². The van der Waals surface area contributed by atoms with Crippen LogP contribution in [0.3, 0.4) is 0 Å². The van der Waals surface area contributed by atoms with Crippen LogP contribution >= 0.6 is 0 Å². The maximum atomic E-state index is 9.16. The average molecular weight is 220 g/mol. The summed E-state index contributed by atoms with van der Waals surface area (Å²) in [5, 5.41) is 12.5. The molecule has 4 nitrogen and oxygen atoms in total. The molecule has 0 saturated heterocycles. The highest BCUT2D eigenvalue weighted by Crippen LogP contribution is 2.13. The minimum atomic E-state index is -0.422. The van der Waals surface area contributed by atoms with Crippen LogP contribution in [0.4, 0.5) is 0 Å². The van der Waals surface area contributed by atoms with E-state index in [4.69, 9.17) is 5.26 Å². The number of nitrogens with zero attached hydrogens (tertiary/aromatic N) is 3. The molecule has 16 heavy (non-hydrogen) atoms. The molecule has 1 aromatic rings. The molecule has 0 aliphatic carbocycles. The lowest BCUT2D eigenvalue weighted by Crippen LogP contribution is -2.45. The van der Waals surface area contributed by atoms with E-state index in [1.54, 1.807) is 12.5 Å². The third-order valence-corrected chi connectivity index (χ3v) is 2.51.